The monoisotopic (exact) mass is 470 g/mol. The fourth-order valence-electron chi connectivity index (χ4n) is 6.06. The number of sulfonamides is 1. The van der Waals surface area contributed by atoms with E-state index < -0.39 is 15.8 Å². The van der Waals surface area contributed by atoms with Crippen LogP contribution in [0.5, 0.6) is 0 Å². The van der Waals surface area contributed by atoms with E-state index in [1.54, 1.807) is 29.8 Å². The fraction of sp³-hybridized carbons (Fsp3) is 0.375. The summed E-state index contributed by atoms with van der Waals surface area (Å²) < 4.78 is 57.9. The molecule has 172 valence electrons. The summed E-state index contributed by atoms with van der Waals surface area (Å²) in [5.41, 5.74) is 3.32. The number of likely N-dealkylation sites (N-methyl/N-ethyl adjacent to an activating group) is 1. The third-order valence-corrected chi connectivity index (χ3v) is 8.93. The maximum atomic E-state index is 15.0. The van der Waals surface area contributed by atoms with E-state index in [1.807, 2.05) is 12.1 Å². The van der Waals surface area contributed by atoms with Crippen LogP contribution in [0.2, 0.25) is 0 Å². The molecule has 6 rings (SSSR count). The summed E-state index contributed by atoms with van der Waals surface area (Å²) in [6.45, 7) is -0.162. The molecule has 0 radical (unpaired) electrons. The van der Waals surface area contributed by atoms with Crippen molar-refractivity contribution in [3.8, 4) is 0 Å². The molecular formula is C24H24F2N4O2S. The van der Waals surface area contributed by atoms with E-state index in [0.29, 0.717) is 24.1 Å². The number of benzene rings is 2. The van der Waals surface area contributed by atoms with Gasteiger partial charge in [-0.1, -0.05) is 18.2 Å². The Hall–Kier alpha value is -2.62. The highest BCUT2D eigenvalue weighted by atomic mass is 32.2. The highest BCUT2D eigenvalue weighted by Gasteiger charge is 2.84. The van der Waals surface area contributed by atoms with Gasteiger partial charge in [0.1, 0.15) is 11.6 Å². The molecule has 6 nitrogen and oxygen atoms in total. The van der Waals surface area contributed by atoms with E-state index in [0.717, 1.165) is 23.1 Å². The Kier molecular flexibility index (Phi) is 4.41. The van der Waals surface area contributed by atoms with Crippen molar-refractivity contribution < 1.29 is 17.2 Å². The number of halogens is 2. The van der Waals surface area contributed by atoms with Gasteiger partial charge in [0.2, 0.25) is 0 Å². The molecular weight excluding hydrogens is 446 g/mol. The molecule has 3 unspecified atom stereocenters. The number of nitrogens with zero attached hydrogens (tertiary/aromatic N) is 3. The van der Waals surface area contributed by atoms with Gasteiger partial charge in [-0.3, -0.25) is 4.90 Å². The molecule has 0 amide bonds. The van der Waals surface area contributed by atoms with Gasteiger partial charge in [0.25, 0.3) is 10.0 Å². The van der Waals surface area contributed by atoms with Crippen molar-refractivity contribution in [1.82, 2.24) is 19.2 Å². The number of hydrogen-bond acceptors (Lipinski definition) is 4. The number of aryl methyl sites for hydroxylation is 1. The Morgan fingerprint density at radius 3 is 2.64 bits per heavy atom. The first kappa shape index (κ1) is 20.9. The molecule has 1 aliphatic heterocycles. The summed E-state index contributed by atoms with van der Waals surface area (Å²) in [4.78, 5) is 6.20. The summed E-state index contributed by atoms with van der Waals surface area (Å²) in [6, 6.07) is 11.0. The average Bonchev–Trinajstić information content (AvgIpc) is 3.52. The molecule has 3 aromatic rings. The van der Waals surface area contributed by atoms with E-state index in [9.17, 15) is 17.2 Å². The molecule has 1 aromatic heterocycles. The van der Waals surface area contributed by atoms with Crippen molar-refractivity contribution in [2.45, 2.75) is 42.4 Å². The topological polar surface area (TPSA) is 67.0 Å². The van der Waals surface area contributed by atoms with Gasteiger partial charge in [-0.05, 0) is 60.7 Å². The van der Waals surface area contributed by atoms with Crippen molar-refractivity contribution in [3.05, 3.63) is 82.8 Å². The van der Waals surface area contributed by atoms with E-state index >= 15 is 0 Å². The molecule has 33 heavy (non-hydrogen) atoms. The Bertz CT molecular complexity index is 1380. The molecule has 1 saturated heterocycles. The Balaban J connectivity index is 1.30. The second-order valence-electron chi connectivity index (χ2n) is 9.58. The zero-order chi connectivity index (χ0) is 23.1. The number of nitrogens with one attached hydrogen (secondary N) is 1. The summed E-state index contributed by atoms with van der Waals surface area (Å²) in [5.74, 6) is -0.532. The van der Waals surface area contributed by atoms with E-state index in [1.165, 1.54) is 18.6 Å². The molecule has 2 fully saturated rings. The lowest BCUT2D eigenvalue weighted by Gasteiger charge is -2.29. The van der Waals surface area contributed by atoms with Gasteiger partial charge in [0.05, 0.1) is 6.33 Å². The Labute approximate surface area is 191 Å². The number of likely N-dealkylation sites (tertiary alicyclic amines) is 1. The van der Waals surface area contributed by atoms with Gasteiger partial charge in [-0.2, -0.15) is 0 Å². The standard InChI is InChI=1S/C24H24F2N4O2S/c1-29-12-21(27-13-29)33(31,32)28-11-16-8-18-15(9-20(16)26)10-24(22-23(24)30(22)2)19(18)7-14-4-3-5-17(25)6-14/h3-6,8-9,12-13,19,22-23,28H,7,10-11H2,1-2H3. The molecule has 2 aliphatic carbocycles. The van der Waals surface area contributed by atoms with Crippen LogP contribution < -0.4 is 4.72 Å². The largest absolute Gasteiger partial charge is 0.339 e. The molecule has 2 heterocycles. The lowest BCUT2D eigenvalue weighted by Crippen LogP contribution is -2.31. The predicted octanol–water partition coefficient (Wildman–Crippen LogP) is 2.74. The minimum absolute atomic E-state index is 0.0714. The van der Waals surface area contributed by atoms with Crippen molar-refractivity contribution in [3.63, 3.8) is 0 Å². The van der Waals surface area contributed by atoms with Crippen molar-refractivity contribution in [2.75, 3.05) is 7.05 Å². The Morgan fingerprint density at radius 2 is 1.97 bits per heavy atom. The van der Waals surface area contributed by atoms with Crippen LogP contribution in [0.4, 0.5) is 8.78 Å². The minimum atomic E-state index is -3.85. The first-order valence-corrected chi connectivity index (χ1v) is 12.4. The van der Waals surface area contributed by atoms with Gasteiger partial charge < -0.3 is 4.57 Å². The first-order valence-electron chi connectivity index (χ1n) is 11.0. The molecule has 9 heteroatoms. The maximum Gasteiger partial charge on any atom is 0.259 e. The summed E-state index contributed by atoms with van der Waals surface area (Å²) in [6.07, 6.45) is 4.28. The maximum absolute atomic E-state index is 15.0. The lowest BCUT2D eigenvalue weighted by molar-refractivity contribution is 0.226. The molecule has 1 saturated carbocycles. The zero-order valence-electron chi connectivity index (χ0n) is 18.3. The molecule has 1 spiro atoms. The van der Waals surface area contributed by atoms with Crippen molar-refractivity contribution in [1.29, 1.82) is 0 Å². The highest BCUT2D eigenvalue weighted by Crippen LogP contribution is 2.76. The van der Waals surface area contributed by atoms with Crippen molar-refractivity contribution in [2.24, 2.45) is 12.5 Å². The molecule has 1 N–H and O–H groups in total. The second-order valence-corrected chi connectivity index (χ2v) is 11.3. The van der Waals surface area contributed by atoms with Crippen molar-refractivity contribution >= 4 is 10.0 Å². The third-order valence-electron chi connectivity index (χ3n) is 7.65. The summed E-state index contributed by atoms with van der Waals surface area (Å²) in [5, 5.41) is -0.101. The Morgan fingerprint density at radius 1 is 1.18 bits per heavy atom. The number of fused-ring (bicyclic) bond motifs is 4. The molecule has 3 aliphatic rings. The highest BCUT2D eigenvalue weighted by molar-refractivity contribution is 7.89. The SMILES string of the molecule is CN1C2C1C21Cc2cc(F)c(CNS(=O)(=O)c3cn(C)cn3)cc2C1Cc1cccc(F)c1. The van der Waals surface area contributed by atoms with Crippen LogP contribution >= 0.6 is 0 Å². The minimum Gasteiger partial charge on any atom is -0.339 e. The quantitative estimate of drug-likeness (QED) is 0.563. The molecule has 3 atom stereocenters. The normalized spacial score (nSPS) is 29.2. The summed E-state index contributed by atoms with van der Waals surface area (Å²) in [7, 11) is -0.0721. The molecule has 0 bridgehead atoms. The number of aromatic nitrogens is 2. The van der Waals surface area contributed by atoms with Gasteiger partial charge in [0, 0.05) is 42.9 Å². The van der Waals surface area contributed by atoms with E-state index in [-0.39, 0.29) is 28.7 Å². The number of rotatable bonds is 6. The van der Waals surface area contributed by atoms with Crippen LogP contribution in [0.25, 0.3) is 0 Å². The predicted molar refractivity (Wildman–Crippen MR) is 118 cm³/mol. The fourth-order valence-corrected chi connectivity index (χ4v) is 7.05. The van der Waals surface area contributed by atoms with Crippen LogP contribution in [0.1, 0.15) is 28.2 Å². The van der Waals surface area contributed by atoms with Gasteiger partial charge in [-0.15, -0.1) is 0 Å². The average molecular weight is 471 g/mol. The number of hydrogen-bond donors (Lipinski definition) is 1. The van der Waals surface area contributed by atoms with Crippen LogP contribution in [-0.2, 0) is 36.5 Å². The van der Waals surface area contributed by atoms with E-state index in [4.69, 9.17) is 0 Å². The zero-order valence-corrected chi connectivity index (χ0v) is 19.1. The van der Waals surface area contributed by atoms with Crippen LogP contribution in [0.15, 0.2) is 53.9 Å². The van der Waals surface area contributed by atoms with E-state index in [2.05, 4.69) is 21.7 Å². The summed E-state index contributed by atoms with van der Waals surface area (Å²) >= 11 is 0. The number of imidazole rings is 1. The second kappa shape index (κ2) is 6.94. The molecule has 2 aromatic carbocycles. The smallest absolute Gasteiger partial charge is 0.259 e. The van der Waals surface area contributed by atoms with Gasteiger partial charge in [-0.25, -0.2) is 26.9 Å². The first-order chi connectivity index (χ1) is 15.7. The van der Waals surface area contributed by atoms with Gasteiger partial charge >= 0.3 is 0 Å². The third kappa shape index (κ3) is 3.17. The van der Waals surface area contributed by atoms with Crippen LogP contribution in [-0.4, -0.2) is 42.0 Å². The van der Waals surface area contributed by atoms with Crippen LogP contribution in [0, 0.1) is 17.0 Å². The van der Waals surface area contributed by atoms with Gasteiger partial charge in [0.15, 0.2) is 5.03 Å². The van der Waals surface area contributed by atoms with Crippen LogP contribution in [0.3, 0.4) is 0 Å². The lowest BCUT2D eigenvalue weighted by atomic mass is 9.81.